The molecule has 0 aromatic heterocycles. The molecule has 134 valence electrons. The van der Waals surface area contributed by atoms with Gasteiger partial charge in [-0.25, -0.2) is 14.0 Å². The van der Waals surface area contributed by atoms with Crippen molar-refractivity contribution in [2.75, 3.05) is 19.7 Å². The molecule has 0 atom stereocenters. The highest BCUT2D eigenvalue weighted by atomic mass is 19.1. The fraction of sp³-hybridized carbons (Fsp3) is 0.529. The zero-order chi connectivity index (χ0) is 18.2. The minimum absolute atomic E-state index is 0.217. The summed E-state index contributed by atoms with van der Waals surface area (Å²) in [5.41, 5.74) is 0.181. The molecule has 0 aliphatic heterocycles. The lowest BCUT2D eigenvalue weighted by Gasteiger charge is -2.23. The summed E-state index contributed by atoms with van der Waals surface area (Å²) in [6, 6.07) is 5.86. The fourth-order valence-corrected chi connectivity index (χ4v) is 1.87. The highest BCUT2D eigenvalue weighted by Gasteiger charge is 2.18. The van der Waals surface area contributed by atoms with Gasteiger partial charge in [0, 0.05) is 19.6 Å². The summed E-state index contributed by atoms with van der Waals surface area (Å²) in [5, 5.41) is 2.59. The zero-order valence-electron chi connectivity index (χ0n) is 14.6. The van der Waals surface area contributed by atoms with Crippen LogP contribution in [0.25, 0.3) is 0 Å². The monoisotopic (exact) mass is 340 g/mol. The smallest absolute Gasteiger partial charge is 0.410 e. The molecule has 7 heteroatoms. The molecule has 0 fully saturated rings. The number of nitrogens with zero attached hydrogens (tertiary/aromatic N) is 1. The van der Waals surface area contributed by atoms with E-state index in [0.29, 0.717) is 0 Å². The quantitative estimate of drug-likeness (QED) is 0.863. The molecule has 24 heavy (non-hydrogen) atoms. The van der Waals surface area contributed by atoms with Crippen LogP contribution in [-0.2, 0) is 16.0 Å². The number of hydrogen-bond acceptors (Lipinski definition) is 4. The van der Waals surface area contributed by atoms with Gasteiger partial charge >= 0.3 is 12.2 Å². The number of carbonyl (C=O) groups is 2. The standard InChI is InChI=1S/C17H25FN2O4/c1-5-23-16(22)20(12-13-6-8-14(18)9-7-13)11-10-19-15(21)24-17(2,3)4/h6-9H,5,10-12H2,1-4H3,(H,19,21). The van der Waals surface area contributed by atoms with Crippen LogP contribution in [0.4, 0.5) is 14.0 Å². The highest BCUT2D eigenvalue weighted by molar-refractivity contribution is 5.69. The Labute approximate surface area is 141 Å². The maximum atomic E-state index is 13.0. The molecule has 0 heterocycles. The molecule has 0 aliphatic carbocycles. The summed E-state index contributed by atoms with van der Waals surface area (Å²) in [6.07, 6.45) is -1.04. The van der Waals surface area contributed by atoms with Gasteiger partial charge in [-0.15, -0.1) is 0 Å². The van der Waals surface area contributed by atoms with Crippen molar-refractivity contribution in [3.05, 3.63) is 35.6 Å². The van der Waals surface area contributed by atoms with E-state index in [1.807, 2.05) is 0 Å². The molecule has 0 spiro atoms. The Morgan fingerprint density at radius 1 is 1.21 bits per heavy atom. The number of alkyl carbamates (subject to hydrolysis) is 1. The SMILES string of the molecule is CCOC(=O)N(CCNC(=O)OC(C)(C)C)Cc1ccc(F)cc1. The average Bonchev–Trinajstić information content (AvgIpc) is 2.46. The van der Waals surface area contributed by atoms with Gasteiger partial charge in [-0.2, -0.15) is 0 Å². The molecular weight excluding hydrogens is 315 g/mol. The zero-order valence-corrected chi connectivity index (χ0v) is 14.6. The van der Waals surface area contributed by atoms with Gasteiger partial charge in [0.2, 0.25) is 0 Å². The molecule has 1 aromatic rings. The van der Waals surface area contributed by atoms with Gasteiger partial charge in [0.15, 0.2) is 0 Å². The molecule has 1 aromatic carbocycles. The number of ether oxygens (including phenoxy) is 2. The summed E-state index contributed by atoms with van der Waals surface area (Å²) in [4.78, 5) is 25.1. The van der Waals surface area contributed by atoms with Crippen molar-refractivity contribution in [1.29, 1.82) is 0 Å². The van der Waals surface area contributed by atoms with E-state index >= 15 is 0 Å². The number of carbonyl (C=O) groups excluding carboxylic acids is 2. The van der Waals surface area contributed by atoms with Crippen molar-refractivity contribution < 1.29 is 23.5 Å². The number of hydrogen-bond donors (Lipinski definition) is 1. The van der Waals surface area contributed by atoms with Crippen molar-refractivity contribution in [2.45, 2.75) is 39.8 Å². The molecule has 0 saturated heterocycles. The average molecular weight is 340 g/mol. The van der Waals surface area contributed by atoms with Crippen LogP contribution in [0.2, 0.25) is 0 Å². The lowest BCUT2D eigenvalue weighted by molar-refractivity contribution is 0.0516. The largest absolute Gasteiger partial charge is 0.450 e. The van der Waals surface area contributed by atoms with E-state index < -0.39 is 17.8 Å². The third-order valence-corrected chi connectivity index (χ3v) is 2.86. The molecule has 0 unspecified atom stereocenters. The molecule has 0 bridgehead atoms. The second-order valence-electron chi connectivity index (χ2n) is 6.18. The van der Waals surface area contributed by atoms with Crippen molar-refractivity contribution in [3.8, 4) is 0 Å². The van der Waals surface area contributed by atoms with Crippen molar-refractivity contribution in [1.82, 2.24) is 10.2 Å². The molecule has 0 saturated carbocycles. The Hall–Kier alpha value is -2.31. The number of rotatable bonds is 6. The maximum absolute atomic E-state index is 13.0. The van der Waals surface area contributed by atoms with Crippen molar-refractivity contribution >= 4 is 12.2 Å². The molecule has 1 N–H and O–H groups in total. The van der Waals surface area contributed by atoms with Crippen LogP contribution in [0.1, 0.15) is 33.3 Å². The molecular formula is C17H25FN2O4. The first-order valence-corrected chi connectivity index (χ1v) is 7.84. The predicted octanol–water partition coefficient (Wildman–Crippen LogP) is 3.31. The third-order valence-electron chi connectivity index (χ3n) is 2.86. The fourth-order valence-electron chi connectivity index (χ4n) is 1.87. The van der Waals surface area contributed by atoms with Crippen molar-refractivity contribution in [3.63, 3.8) is 0 Å². The summed E-state index contributed by atoms with van der Waals surface area (Å²) in [5.74, 6) is -0.340. The second-order valence-corrected chi connectivity index (χ2v) is 6.18. The summed E-state index contributed by atoms with van der Waals surface area (Å²) < 4.78 is 23.1. The number of amides is 2. The molecule has 2 amide bonds. The van der Waals surface area contributed by atoms with Gasteiger partial charge in [-0.05, 0) is 45.4 Å². The van der Waals surface area contributed by atoms with Crippen LogP contribution >= 0.6 is 0 Å². The molecule has 6 nitrogen and oxygen atoms in total. The highest BCUT2D eigenvalue weighted by Crippen LogP contribution is 2.09. The Morgan fingerprint density at radius 2 is 1.83 bits per heavy atom. The summed E-state index contributed by atoms with van der Waals surface area (Å²) in [6.45, 7) is 7.99. The summed E-state index contributed by atoms with van der Waals surface area (Å²) in [7, 11) is 0. The Bertz CT molecular complexity index is 541. The van der Waals surface area contributed by atoms with E-state index in [0.717, 1.165) is 5.56 Å². The number of halogens is 1. The minimum atomic E-state index is -0.584. The number of nitrogens with one attached hydrogen (secondary N) is 1. The van der Waals surface area contributed by atoms with Crippen molar-refractivity contribution in [2.24, 2.45) is 0 Å². The molecule has 0 radical (unpaired) electrons. The molecule has 0 aliphatic rings. The van der Waals surface area contributed by atoms with Gasteiger partial charge in [0.05, 0.1) is 6.61 Å². The first-order chi connectivity index (χ1) is 11.2. The van der Waals surface area contributed by atoms with E-state index in [1.165, 1.54) is 17.0 Å². The first-order valence-electron chi connectivity index (χ1n) is 7.84. The molecule has 1 rings (SSSR count). The van der Waals surface area contributed by atoms with Crippen LogP contribution < -0.4 is 5.32 Å². The predicted molar refractivity (Wildman–Crippen MR) is 88.1 cm³/mol. The number of benzene rings is 1. The van der Waals surface area contributed by atoms with Gasteiger partial charge in [0.1, 0.15) is 11.4 Å². The van der Waals surface area contributed by atoms with Crippen LogP contribution in [0.3, 0.4) is 0 Å². The van der Waals surface area contributed by atoms with Crippen LogP contribution in [-0.4, -0.2) is 42.4 Å². The van der Waals surface area contributed by atoms with E-state index in [-0.39, 0.29) is 32.1 Å². The van der Waals surface area contributed by atoms with Crippen LogP contribution in [0.5, 0.6) is 0 Å². The maximum Gasteiger partial charge on any atom is 0.410 e. The van der Waals surface area contributed by atoms with Gasteiger partial charge in [-0.1, -0.05) is 12.1 Å². The van der Waals surface area contributed by atoms with Crippen LogP contribution in [0.15, 0.2) is 24.3 Å². The van der Waals surface area contributed by atoms with E-state index in [4.69, 9.17) is 9.47 Å². The Morgan fingerprint density at radius 3 is 2.38 bits per heavy atom. The third kappa shape index (κ3) is 7.80. The van der Waals surface area contributed by atoms with Gasteiger partial charge in [0.25, 0.3) is 0 Å². The Kier molecular flexibility index (Phi) is 7.48. The van der Waals surface area contributed by atoms with E-state index in [1.54, 1.807) is 39.8 Å². The normalized spacial score (nSPS) is 10.9. The van der Waals surface area contributed by atoms with Gasteiger partial charge in [-0.3, -0.25) is 0 Å². The van der Waals surface area contributed by atoms with E-state index in [2.05, 4.69) is 5.32 Å². The minimum Gasteiger partial charge on any atom is -0.450 e. The topological polar surface area (TPSA) is 67.9 Å². The van der Waals surface area contributed by atoms with Crippen LogP contribution in [0, 0.1) is 5.82 Å². The first kappa shape index (κ1) is 19.7. The van der Waals surface area contributed by atoms with E-state index in [9.17, 15) is 14.0 Å². The Balaban J connectivity index is 2.58. The second kappa shape index (κ2) is 9.10. The van der Waals surface area contributed by atoms with Gasteiger partial charge < -0.3 is 19.7 Å². The lowest BCUT2D eigenvalue weighted by atomic mass is 10.2. The lowest BCUT2D eigenvalue weighted by Crippen LogP contribution is -2.40. The summed E-state index contributed by atoms with van der Waals surface area (Å²) >= 11 is 0.